The van der Waals surface area contributed by atoms with E-state index in [2.05, 4.69) is 5.32 Å². The van der Waals surface area contributed by atoms with Gasteiger partial charge < -0.3 is 9.73 Å². The summed E-state index contributed by atoms with van der Waals surface area (Å²) in [6.45, 7) is 5.66. The van der Waals surface area contributed by atoms with Gasteiger partial charge in [0.1, 0.15) is 5.58 Å². The van der Waals surface area contributed by atoms with Gasteiger partial charge in [-0.15, -0.1) is 0 Å². The second-order valence-corrected chi connectivity index (χ2v) is 4.81. The highest BCUT2D eigenvalue weighted by Gasteiger charge is 2.29. The van der Waals surface area contributed by atoms with E-state index < -0.39 is 5.54 Å². The van der Waals surface area contributed by atoms with Gasteiger partial charge in [-0.1, -0.05) is 18.2 Å². The summed E-state index contributed by atoms with van der Waals surface area (Å²) >= 11 is 0. The summed E-state index contributed by atoms with van der Waals surface area (Å²) in [6, 6.07) is 7.70. The number of Topliss-reactive ketones (excluding diaryl/α,β-unsaturated/α-hetero) is 1. The summed E-state index contributed by atoms with van der Waals surface area (Å²) in [7, 11) is 1.77. The molecule has 17 heavy (non-hydrogen) atoms. The number of hydrogen-bond acceptors (Lipinski definition) is 3. The average molecular weight is 231 g/mol. The molecule has 1 heterocycles. The summed E-state index contributed by atoms with van der Waals surface area (Å²) in [5.74, 6) is 0.379. The van der Waals surface area contributed by atoms with Crippen LogP contribution in [0.5, 0.6) is 0 Å². The van der Waals surface area contributed by atoms with E-state index in [1.165, 1.54) is 0 Å². The number of ketones is 1. The van der Waals surface area contributed by atoms with Gasteiger partial charge in [0.25, 0.3) is 0 Å². The number of aryl methyl sites for hydroxylation is 1. The van der Waals surface area contributed by atoms with Crippen molar-refractivity contribution in [1.29, 1.82) is 0 Å². The molecule has 3 nitrogen and oxygen atoms in total. The normalized spacial score (nSPS) is 12.0. The molecular weight excluding hydrogens is 214 g/mol. The maximum atomic E-state index is 12.2. The van der Waals surface area contributed by atoms with Crippen molar-refractivity contribution in [3.05, 3.63) is 35.6 Å². The SMILES string of the molecule is CNC(C)(C)C(=O)c1cc2cccc(C)c2o1. The third-order valence-electron chi connectivity index (χ3n) is 3.16. The van der Waals surface area contributed by atoms with E-state index >= 15 is 0 Å². The van der Waals surface area contributed by atoms with Gasteiger partial charge in [-0.2, -0.15) is 0 Å². The molecule has 1 aromatic carbocycles. The Bertz CT molecular complexity index is 567. The quantitative estimate of drug-likeness (QED) is 0.826. The molecular formula is C14H17NO2. The number of rotatable bonds is 3. The van der Waals surface area contributed by atoms with Crippen molar-refractivity contribution >= 4 is 16.8 Å². The van der Waals surface area contributed by atoms with Crippen LogP contribution in [0.25, 0.3) is 11.0 Å². The summed E-state index contributed by atoms with van der Waals surface area (Å²) in [4.78, 5) is 12.2. The van der Waals surface area contributed by atoms with Crippen LogP contribution in [0.2, 0.25) is 0 Å². The average Bonchev–Trinajstić information content (AvgIpc) is 2.73. The van der Waals surface area contributed by atoms with E-state index in [1.807, 2.05) is 45.0 Å². The molecule has 1 aromatic heterocycles. The molecule has 0 saturated heterocycles. The molecule has 0 spiro atoms. The van der Waals surface area contributed by atoms with E-state index in [9.17, 15) is 4.79 Å². The number of carbonyl (C=O) groups excluding carboxylic acids is 1. The number of benzene rings is 1. The van der Waals surface area contributed by atoms with Crippen molar-refractivity contribution in [2.24, 2.45) is 0 Å². The molecule has 2 aromatic rings. The molecule has 0 unspecified atom stereocenters. The van der Waals surface area contributed by atoms with Gasteiger partial charge in [-0.25, -0.2) is 0 Å². The molecule has 0 radical (unpaired) electrons. The molecule has 0 fully saturated rings. The monoisotopic (exact) mass is 231 g/mol. The Morgan fingerprint density at radius 2 is 2.06 bits per heavy atom. The van der Waals surface area contributed by atoms with Crippen molar-refractivity contribution in [3.63, 3.8) is 0 Å². The summed E-state index contributed by atoms with van der Waals surface area (Å²) in [5.41, 5.74) is 1.23. The zero-order valence-corrected chi connectivity index (χ0v) is 10.6. The van der Waals surface area contributed by atoms with E-state index in [0.29, 0.717) is 5.76 Å². The fourth-order valence-electron chi connectivity index (χ4n) is 1.74. The third-order valence-corrected chi connectivity index (χ3v) is 3.16. The molecule has 0 aliphatic carbocycles. The Hall–Kier alpha value is -1.61. The molecule has 1 N–H and O–H groups in total. The molecule has 0 aliphatic rings. The highest BCUT2D eigenvalue weighted by molar-refractivity contribution is 6.03. The predicted molar refractivity (Wildman–Crippen MR) is 68.4 cm³/mol. The molecule has 3 heteroatoms. The minimum absolute atomic E-state index is 0.0319. The van der Waals surface area contributed by atoms with Crippen molar-refractivity contribution in [2.45, 2.75) is 26.3 Å². The Balaban J connectivity index is 2.51. The molecule has 2 rings (SSSR count). The van der Waals surface area contributed by atoms with Crippen LogP contribution in [0.4, 0.5) is 0 Å². The van der Waals surface area contributed by atoms with Crippen molar-refractivity contribution < 1.29 is 9.21 Å². The molecule has 0 saturated carbocycles. The van der Waals surface area contributed by atoms with E-state index in [-0.39, 0.29) is 5.78 Å². The topological polar surface area (TPSA) is 42.2 Å². The minimum atomic E-state index is -0.609. The zero-order valence-electron chi connectivity index (χ0n) is 10.6. The predicted octanol–water partition coefficient (Wildman–Crippen LogP) is 2.92. The van der Waals surface area contributed by atoms with Crippen molar-refractivity contribution in [1.82, 2.24) is 5.32 Å². The van der Waals surface area contributed by atoms with Gasteiger partial charge in [0.2, 0.25) is 5.78 Å². The van der Waals surface area contributed by atoms with E-state index in [0.717, 1.165) is 16.5 Å². The molecule has 90 valence electrons. The molecule has 0 bridgehead atoms. The first kappa shape index (κ1) is 11.9. The van der Waals surface area contributed by atoms with Gasteiger partial charge in [0.05, 0.1) is 5.54 Å². The number of hydrogen-bond donors (Lipinski definition) is 1. The van der Waals surface area contributed by atoms with Gasteiger partial charge in [-0.05, 0) is 39.4 Å². The Labute approximate surface area is 101 Å². The van der Waals surface area contributed by atoms with Gasteiger partial charge in [-0.3, -0.25) is 4.79 Å². The largest absolute Gasteiger partial charge is 0.453 e. The highest BCUT2D eigenvalue weighted by Crippen LogP contribution is 2.24. The van der Waals surface area contributed by atoms with Crippen molar-refractivity contribution in [3.8, 4) is 0 Å². The molecule has 0 atom stereocenters. The van der Waals surface area contributed by atoms with E-state index in [1.54, 1.807) is 7.05 Å². The summed E-state index contributed by atoms with van der Waals surface area (Å²) in [5, 5.41) is 3.96. The van der Waals surface area contributed by atoms with Crippen LogP contribution < -0.4 is 5.32 Å². The fourth-order valence-corrected chi connectivity index (χ4v) is 1.74. The Morgan fingerprint density at radius 3 is 2.65 bits per heavy atom. The number of fused-ring (bicyclic) bond motifs is 1. The zero-order chi connectivity index (χ0) is 12.6. The molecule has 0 amide bonds. The first-order valence-electron chi connectivity index (χ1n) is 5.68. The molecule has 0 aliphatic heterocycles. The van der Waals surface area contributed by atoms with Crippen LogP contribution in [0.3, 0.4) is 0 Å². The summed E-state index contributed by atoms with van der Waals surface area (Å²) < 4.78 is 5.66. The second kappa shape index (κ2) is 4.00. The van der Waals surface area contributed by atoms with Crippen LogP contribution >= 0.6 is 0 Å². The highest BCUT2D eigenvalue weighted by atomic mass is 16.3. The Kier molecular flexibility index (Phi) is 2.79. The number of nitrogens with one attached hydrogen (secondary N) is 1. The lowest BCUT2D eigenvalue weighted by Gasteiger charge is -2.20. The van der Waals surface area contributed by atoms with Crippen LogP contribution in [-0.2, 0) is 0 Å². The van der Waals surface area contributed by atoms with Crippen molar-refractivity contribution in [2.75, 3.05) is 7.05 Å². The maximum absolute atomic E-state index is 12.2. The van der Waals surface area contributed by atoms with E-state index in [4.69, 9.17) is 4.42 Å². The van der Waals surface area contributed by atoms with Gasteiger partial charge >= 0.3 is 0 Å². The lowest BCUT2D eigenvalue weighted by atomic mass is 9.97. The van der Waals surface area contributed by atoms with Gasteiger partial charge in [0, 0.05) is 5.39 Å². The number of carbonyl (C=O) groups is 1. The van der Waals surface area contributed by atoms with Crippen LogP contribution in [0, 0.1) is 6.92 Å². The first-order chi connectivity index (χ1) is 7.95. The van der Waals surface area contributed by atoms with Crippen LogP contribution in [-0.4, -0.2) is 18.4 Å². The smallest absolute Gasteiger partial charge is 0.217 e. The number of likely N-dealkylation sites (N-methyl/N-ethyl adjacent to an activating group) is 1. The maximum Gasteiger partial charge on any atom is 0.217 e. The minimum Gasteiger partial charge on any atom is -0.453 e. The number of furan rings is 1. The van der Waals surface area contributed by atoms with Crippen LogP contribution in [0.15, 0.2) is 28.7 Å². The standard InChI is InChI=1S/C14H17NO2/c1-9-6-5-7-10-8-11(17-12(9)10)13(16)14(2,3)15-4/h5-8,15H,1-4H3. The van der Waals surface area contributed by atoms with Gasteiger partial charge in [0.15, 0.2) is 5.76 Å². The second-order valence-electron chi connectivity index (χ2n) is 4.81. The summed E-state index contributed by atoms with van der Waals surface area (Å²) in [6.07, 6.45) is 0. The number of para-hydroxylation sites is 1. The fraction of sp³-hybridized carbons (Fsp3) is 0.357. The third kappa shape index (κ3) is 1.98. The van der Waals surface area contributed by atoms with Crippen LogP contribution in [0.1, 0.15) is 30.0 Å². The Morgan fingerprint density at radius 1 is 1.35 bits per heavy atom. The lowest BCUT2D eigenvalue weighted by Crippen LogP contribution is -2.44. The first-order valence-corrected chi connectivity index (χ1v) is 5.68. The lowest BCUT2D eigenvalue weighted by molar-refractivity contribution is 0.0863.